The maximum absolute atomic E-state index is 5.18. The Labute approximate surface area is 126 Å². The van der Waals surface area contributed by atoms with Crippen molar-refractivity contribution in [2.75, 3.05) is 6.54 Å². The first-order valence-electron chi connectivity index (χ1n) is 8.21. The molecule has 0 spiro atoms. The van der Waals surface area contributed by atoms with Gasteiger partial charge in [0.25, 0.3) is 0 Å². The van der Waals surface area contributed by atoms with Crippen LogP contribution in [-0.4, -0.2) is 17.7 Å². The van der Waals surface area contributed by atoms with Crippen LogP contribution in [0.25, 0.3) is 0 Å². The lowest BCUT2D eigenvalue weighted by molar-refractivity contribution is 0.554. The summed E-state index contributed by atoms with van der Waals surface area (Å²) in [5.74, 6) is 0. The molecule has 2 nitrogen and oxygen atoms in total. The molecule has 114 valence electrons. The number of nitrogens with one attached hydrogen (secondary N) is 2. The first-order chi connectivity index (χ1) is 9.16. The van der Waals surface area contributed by atoms with Gasteiger partial charge in [0, 0.05) is 12.6 Å². The number of rotatable bonds is 12. The monoisotopic (exact) mass is 286 g/mol. The average Bonchev–Trinajstić information content (AvgIpc) is 2.35. The molecule has 0 aromatic rings. The van der Waals surface area contributed by atoms with Crippen LogP contribution in [0.3, 0.4) is 0 Å². The highest BCUT2D eigenvalue weighted by Crippen LogP contribution is 2.10. The van der Waals surface area contributed by atoms with E-state index in [0.29, 0.717) is 6.04 Å². The van der Waals surface area contributed by atoms with Gasteiger partial charge in [0.1, 0.15) is 0 Å². The summed E-state index contributed by atoms with van der Waals surface area (Å²) in [6.45, 7) is 7.49. The van der Waals surface area contributed by atoms with E-state index in [9.17, 15) is 0 Å². The Kier molecular flexibility index (Phi) is 13.9. The molecular weight excluding hydrogens is 252 g/mol. The van der Waals surface area contributed by atoms with E-state index in [1.807, 2.05) is 0 Å². The largest absolute Gasteiger partial charge is 0.363 e. The molecule has 0 heterocycles. The lowest BCUT2D eigenvalue weighted by Crippen LogP contribution is -2.39. The van der Waals surface area contributed by atoms with E-state index in [1.54, 1.807) is 0 Å². The zero-order valence-electron chi connectivity index (χ0n) is 13.3. The molecule has 0 saturated carbocycles. The summed E-state index contributed by atoms with van der Waals surface area (Å²) in [7, 11) is 0. The summed E-state index contributed by atoms with van der Waals surface area (Å²) >= 11 is 5.18. The minimum atomic E-state index is 0.424. The highest BCUT2D eigenvalue weighted by molar-refractivity contribution is 7.80. The SMILES string of the molecule is CCCCCCCCCCCCNC(=S)NC(C)C. The van der Waals surface area contributed by atoms with E-state index in [-0.39, 0.29) is 0 Å². The van der Waals surface area contributed by atoms with Crippen molar-refractivity contribution in [3.63, 3.8) is 0 Å². The van der Waals surface area contributed by atoms with Gasteiger partial charge in [0.05, 0.1) is 0 Å². The smallest absolute Gasteiger partial charge is 0.166 e. The lowest BCUT2D eigenvalue weighted by Gasteiger charge is -2.12. The van der Waals surface area contributed by atoms with E-state index < -0.39 is 0 Å². The van der Waals surface area contributed by atoms with Crippen LogP contribution in [0.4, 0.5) is 0 Å². The third-order valence-electron chi connectivity index (χ3n) is 3.24. The number of hydrogen-bond acceptors (Lipinski definition) is 1. The predicted octanol–water partition coefficient (Wildman–Crippen LogP) is 4.78. The maximum atomic E-state index is 5.18. The fraction of sp³-hybridized carbons (Fsp3) is 0.938. The van der Waals surface area contributed by atoms with Crippen molar-refractivity contribution in [1.29, 1.82) is 0 Å². The van der Waals surface area contributed by atoms with Crippen molar-refractivity contribution in [1.82, 2.24) is 10.6 Å². The summed E-state index contributed by atoms with van der Waals surface area (Å²) in [6, 6.07) is 0.424. The highest BCUT2D eigenvalue weighted by Gasteiger charge is 1.97. The summed E-state index contributed by atoms with van der Waals surface area (Å²) < 4.78 is 0. The molecule has 0 radical (unpaired) electrons. The molecule has 0 atom stereocenters. The Bertz CT molecular complexity index is 205. The number of unbranched alkanes of at least 4 members (excludes halogenated alkanes) is 9. The van der Waals surface area contributed by atoms with Gasteiger partial charge in [-0.3, -0.25) is 0 Å². The lowest BCUT2D eigenvalue weighted by atomic mass is 10.1. The summed E-state index contributed by atoms with van der Waals surface area (Å²) in [6.07, 6.45) is 13.8. The van der Waals surface area contributed by atoms with E-state index in [4.69, 9.17) is 12.2 Å². The Balaban J connectivity index is 3.08. The third kappa shape index (κ3) is 15.6. The molecule has 2 N–H and O–H groups in total. The van der Waals surface area contributed by atoms with Crippen LogP contribution in [0.5, 0.6) is 0 Å². The second kappa shape index (κ2) is 14.1. The Hall–Kier alpha value is -0.310. The average molecular weight is 287 g/mol. The number of hydrogen-bond donors (Lipinski definition) is 2. The zero-order valence-corrected chi connectivity index (χ0v) is 14.1. The quantitative estimate of drug-likeness (QED) is 0.399. The van der Waals surface area contributed by atoms with Gasteiger partial charge >= 0.3 is 0 Å². The molecular formula is C16H34N2S. The maximum Gasteiger partial charge on any atom is 0.166 e. The second-order valence-electron chi connectivity index (χ2n) is 5.74. The molecule has 0 fully saturated rings. The van der Waals surface area contributed by atoms with Gasteiger partial charge in [-0.05, 0) is 32.5 Å². The van der Waals surface area contributed by atoms with E-state index in [1.165, 1.54) is 64.2 Å². The third-order valence-corrected chi connectivity index (χ3v) is 3.50. The van der Waals surface area contributed by atoms with Crippen molar-refractivity contribution >= 4 is 17.3 Å². The van der Waals surface area contributed by atoms with Gasteiger partial charge in [-0.2, -0.15) is 0 Å². The van der Waals surface area contributed by atoms with Crippen molar-refractivity contribution in [2.24, 2.45) is 0 Å². The molecule has 0 aliphatic rings. The molecule has 0 aromatic heterocycles. The van der Waals surface area contributed by atoms with Gasteiger partial charge in [-0.25, -0.2) is 0 Å². The van der Waals surface area contributed by atoms with Crippen LogP contribution >= 0.6 is 12.2 Å². The zero-order chi connectivity index (χ0) is 14.3. The van der Waals surface area contributed by atoms with Gasteiger partial charge in [0.2, 0.25) is 0 Å². The van der Waals surface area contributed by atoms with Crippen LogP contribution in [-0.2, 0) is 0 Å². The molecule has 0 rings (SSSR count). The minimum absolute atomic E-state index is 0.424. The molecule has 3 heteroatoms. The molecule has 0 bridgehead atoms. The van der Waals surface area contributed by atoms with Crippen LogP contribution in [0, 0.1) is 0 Å². The standard InChI is InChI=1S/C16H34N2S/c1-4-5-6-7-8-9-10-11-12-13-14-17-16(19)18-15(2)3/h15H,4-14H2,1-3H3,(H2,17,18,19). The highest BCUT2D eigenvalue weighted by atomic mass is 32.1. The molecule has 19 heavy (non-hydrogen) atoms. The first kappa shape index (κ1) is 18.7. The van der Waals surface area contributed by atoms with Gasteiger partial charge in [-0.1, -0.05) is 64.7 Å². The fourth-order valence-electron chi connectivity index (χ4n) is 2.13. The summed E-state index contributed by atoms with van der Waals surface area (Å²) in [4.78, 5) is 0. The predicted molar refractivity (Wildman–Crippen MR) is 90.7 cm³/mol. The minimum Gasteiger partial charge on any atom is -0.363 e. The van der Waals surface area contributed by atoms with Gasteiger partial charge in [-0.15, -0.1) is 0 Å². The number of thiocarbonyl (C=S) groups is 1. The van der Waals surface area contributed by atoms with Crippen molar-refractivity contribution < 1.29 is 0 Å². The van der Waals surface area contributed by atoms with Crippen LogP contribution < -0.4 is 10.6 Å². The Morgan fingerprint density at radius 2 is 1.32 bits per heavy atom. The molecule has 0 aliphatic heterocycles. The summed E-state index contributed by atoms with van der Waals surface area (Å²) in [5, 5.41) is 7.26. The molecule has 0 aliphatic carbocycles. The molecule has 0 aromatic carbocycles. The van der Waals surface area contributed by atoms with E-state index in [0.717, 1.165) is 11.7 Å². The van der Waals surface area contributed by atoms with Crippen molar-refractivity contribution in [3.8, 4) is 0 Å². The van der Waals surface area contributed by atoms with Crippen LogP contribution in [0.1, 0.15) is 85.0 Å². The molecule has 0 amide bonds. The van der Waals surface area contributed by atoms with Crippen LogP contribution in [0.15, 0.2) is 0 Å². The normalized spacial score (nSPS) is 10.7. The fourth-order valence-corrected chi connectivity index (χ4v) is 2.47. The van der Waals surface area contributed by atoms with Crippen molar-refractivity contribution in [2.45, 2.75) is 91.0 Å². The van der Waals surface area contributed by atoms with Crippen molar-refractivity contribution in [3.05, 3.63) is 0 Å². The van der Waals surface area contributed by atoms with Gasteiger partial charge in [0.15, 0.2) is 5.11 Å². The van der Waals surface area contributed by atoms with Crippen LogP contribution in [0.2, 0.25) is 0 Å². The Morgan fingerprint density at radius 1 is 0.842 bits per heavy atom. The van der Waals surface area contributed by atoms with E-state index >= 15 is 0 Å². The Morgan fingerprint density at radius 3 is 1.79 bits per heavy atom. The summed E-state index contributed by atoms with van der Waals surface area (Å²) in [5.41, 5.74) is 0. The van der Waals surface area contributed by atoms with E-state index in [2.05, 4.69) is 31.4 Å². The molecule has 0 unspecified atom stereocenters. The topological polar surface area (TPSA) is 24.1 Å². The molecule has 0 saturated heterocycles. The first-order valence-corrected chi connectivity index (χ1v) is 8.62. The second-order valence-corrected chi connectivity index (χ2v) is 6.15. The van der Waals surface area contributed by atoms with Gasteiger partial charge < -0.3 is 10.6 Å².